The fourth-order valence-electron chi connectivity index (χ4n) is 2.66. The Morgan fingerprint density at radius 1 is 1.08 bits per heavy atom. The molecule has 0 radical (unpaired) electrons. The molecular formula is C19H24BClN2O3. The van der Waals surface area contributed by atoms with E-state index in [1.807, 2.05) is 58.0 Å². The number of hydrogen-bond acceptors (Lipinski definition) is 5. The first kappa shape index (κ1) is 19.0. The summed E-state index contributed by atoms with van der Waals surface area (Å²) < 4.78 is 17.4. The number of ether oxygens (including phenoxy) is 1. The number of methoxy groups -OCH3 is 1. The summed E-state index contributed by atoms with van der Waals surface area (Å²) in [5.41, 5.74) is 1.17. The van der Waals surface area contributed by atoms with Crippen LogP contribution < -0.4 is 15.5 Å². The minimum atomic E-state index is -0.470. The summed E-state index contributed by atoms with van der Waals surface area (Å²) in [5.74, 6) is 1.51. The second-order valence-corrected chi connectivity index (χ2v) is 7.79. The Kier molecular flexibility index (Phi) is 5.19. The van der Waals surface area contributed by atoms with Gasteiger partial charge in [0.15, 0.2) is 0 Å². The van der Waals surface area contributed by atoms with Crippen LogP contribution in [0.3, 0.4) is 0 Å². The summed E-state index contributed by atoms with van der Waals surface area (Å²) in [4.78, 5) is 4.35. The largest absolute Gasteiger partial charge is 0.497 e. The zero-order chi connectivity index (χ0) is 18.9. The van der Waals surface area contributed by atoms with E-state index in [1.165, 1.54) is 0 Å². The molecule has 0 aliphatic carbocycles. The lowest BCUT2D eigenvalue weighted by Gasteiger charge is -2.32. The van der Waals surface area contributed by atoms with Gasteiger partial charge in [0.05, 0.1) is 18.3 Å². The second kappa shape index (κ2) is 7.10. The van der Waals surface area contributed by atoms with E-state index >= 15 is 0 Å². The summed E-state index contributed by atoms with van der Waals surface area (Å²) in [7, 11) is 1.18. The first-order valence-electron chi connectivity index (χ1n) is 8.60. The van der Waals surface area contributed by atoms with Crippen LogP contribution in [0.4, 0.5) is 5.82 Å². The van der Waals surface area contributed by atoms with Gasteiger partial charge in [-0.05, 0) is 63.0 Å². The molecule has 2 aromatic rings. The molecule has 26 heavy (non-hydrogen) atoms. The van der Waals surface area contributed by atoms with Crippen molar-refractivity contribution in [3.63, 3.8) is 0 Å². The van der Waals surface area contributed by atoms with Crippen LogP contribution in [0.2, 0.25) is 5.15 Å². The van der Waals surface area contributed by atoms with Gasteiger partial charge < -0.3 is 19.4 Å². The number of benzene rings is 1. The van der Waals surface area contributed by atoms with Crippen LogP contribution in [0.1, 0.15) is 33.3 Å². The molecule has 0 atom stereocenters. The molecule has 0 spiro atoms. The maximum absolute atomic E-state index is 6.21. The van der Waals surface area contributed by atoms with Crippen LogP contribution in [0.15, 0.2) is 36.4 Å². The van der Waals surface area contributed by atoms with Crippen LogP contribution >= 0.6 is 11.6 Å². The standard InChI is InChI=1S/C19H24BClN2O3/c1-18(2)19(3,4)26-20(25-18)14-10-16(21)23-17(11-14)22-12-13-6-8-15(24-5)9-7-13/h6-11H,12H2,1-5H3,(H,22,23). The highest BCUT2D eigenvalue weighted by Gasteiger charge is 2.51. The minimum absolute atomic E-state index is 0.398. The molecule has 2 heterocycles. The summed E-state index contributed by atoms with van der Waals surface area (Å²) in [6.45, 7) is 8.73. The lowest BCUT2D eigenvalue weighted by Crippen LogP contribution is -2.41. The van der Waals surface area contributed by atoms with Crippen molar-refractivity contribution < 1.29 is 14.0 Å². The monoisotopic (exact) mass is 374 g/mol. The van der Waals surface area contributed by atoms with Crippen molar-refractivity contribution >= 4 is 30.0 Å². The fraction of sp³-hybridized carbons (Fsp3) is 0.421. The van der Waals surface area contributed by atoms with Gasteiger partial charge in [0.2, 0.25) is 0 Å². The molecular weight excluding hydrogens is 350 g/mol. The van der Waals surface area contributed by atoms with Gasteiger partial charge >= 0.3 is 7.12 Å². The summed E-state index contributed by atoms with van der Waals surface area (Å²) in [5, 5.41) is 3.69. The first-order valence-corrected chi connectivity index (χ1v) is 8.98. The maximum Gasteiger partial charge on any atom is 0.495 e. The normalized spacial score (nSPS) is 18.0. The lowest BCUT2D eigenvalue weighted by atomic mass is 9.79. The third-order valence-electron chi connectivity index (χ3n) is 4.97. The molecule has 7 heteroatoms. The number of pyridine rings is 1. The van der Waals surface area contributed by atoms with E-state index in [1.54, 1.807) is 13.2 Å². The van der Waals surface area contributed by atoms with Crippen molar-refractivity contribution in [3.05, 3.63) is 47.1 Å². The highest BCUT2D eigenvalue weighted by Crippen LogP contribution is 2.36. The summed E-state index contributed by atoms with van der Waals surface area (Å²) in [6, 6.07) is 11.6. The van der Waals surface area contributed by atoms with E-state index in [-0.39, 0.29) is 0 Å². The van der Waals surface area contributed by atoms with Gasteiger partial charge in [0.1, 0.15) is 16.7 Å². The van der Waals surface area contributed by atoms with E-state index < -0.39 is 18.3 Å². The Morgan fingerprint density at radius 2 is 1.69 bits per heavy atom. The van der Waals surface area contributed by atoms with E-state index in [4.69, 9.17) is 25.6 Å². The average Bonchev–Trinajstić information content (AvgIpc) is 2.81. The Morgan fingerprint density at radius 3 is 2.27 bits per heavy atom. The first-order chi connectivity index (χ1) is 12.2. The Hall–Kier alpha value is -1.76. The molecule has 1 fully saturated rings. The Bertz CT molecular complexity index is 765. The Labute approximate surface area is 160 Å². The molecule has 1 aromatic heterocycles. The number of anilines is 1. The van der Waals surface area contributed by atoms with E-state index in [0.29, 0.717) is 17.5 Å². The SMILES string of the molecule is COc1ccc(CNc2cc(B3OC(C)(C)C(C)(C)O3)cc(Cl)n2)cc1. The molecule has 3 rings (SSSR count). The van der Waals surface area contributed by atoms with Crippen molar-refractivity contribution in [2.24, 2.45) is 0 Å². The van der Waals surface area contributed by atoms with Gasteiger partial charge in [-0.2, -0.15) is 0 Å². The predicted molar refractivity (Wildman–Crippen MR) is 105 cm³/mol. The molecule has 1 saturated heterocycles. The summed E-state index contributed by atoms with van der Waals surface area (Å²) >= 11 is 6.21. The summed E-state index contributed by atoms with van der Waals surface area (Å²) in [6.07, 6.45) is 0. The van der Waals surface area contributed by atoms with Crippen LogP contribution in [0.25, 0.3) is 0 Å². The quantitative estimate of drug-likeness (QED) is 0.639. The number of hydrogen-bond donors (Lipinski definition) is 1. The van der Waals surface area contributed by atoms with Gasteiger partial charge in [0, 0.05) is 6.54 Å². The van der Waals surface area contributed by atoms with E-state index in [0.717, 1.165) is 16.8 Å². The van der Waals surface area contributed by atoms with Crippen LogP contribution in [-0.2, 0) is 15.9 Å². The Balaban J connectivity index is 1.73. The molecule has 0 bridgehead atoms. The fourth-order valence-corrected chi connectivity index (χ4v) is 2.88. The van der Waals surface area contributed by atoms with Crippen molar-refractivity contribution in [2.75, 3.05) is 12.4 Å². The number of nitrogens with zero attached hydrogens (tertiary/aromatic N) is 1. The third kappa shape index (κ3) is 3.98. The number of aromatic nitrogens is 1. The van der Waals surface area contributed by atoms with Crippen LogP contribution in [-0.4, -0.2) is 30.4 Å². The highest BCUT2D eigenvalue weighted by molar-refractivity contribution is 6.62. The van der Waals surface area contributed by atoms with Gasteiger partial charge in [-0.1, -0.05) is 23.7 Å². The minimum Gasteiger partial charge on any atom is -0.497 e. The van der Waals surface area contributed by atoms with Gasteiger partial charge in [-0.15, -0.1) is 0 Å². The molecule has 0 amide bonds. The van der Waals surface area contributed by atoms with E-state index in [9.17, 15) is 0 Å². The second-order valence-electron chi connectivity index (χ2n) is 7.40. The van der Waals surface area contributed by atoms with Crippen LogP contribution in [0.5, 0.6) is 5.75 Å². The van der Waals surface area contributed by atoms with Crippen LogP contribution in [0, 0.1) is 0 Å². The number of nitrogens with one attached hydrogen (secondary N) is 1. The third-order valence-corrected chi connectivity index (χ3v) is 5.17. The molecule has 1 N–H and O–H groups in total. The number of rotatable bonds is 5. The zero-order valence-electron chi connectivity index (χ0n) is 15.8. The lowest BCUT2D eigenvalue weighted by molar-refractivity contribution is 0.00578. The van der Waals surface area contributed by atoms with Gasteiger partial charge in [-0.3, -0.25) is 0 Å². The molecule has 1 aliphatic heterocycles. The predicted octanol–water partition coefficient (Wildman–Crippen LogP) is 3.65. The highest BCUT2D eigenvalue weighted by atomic mass is 35.5. The van der Waals surface area contributed by atoms with Crippen molar-refractivity contribution in [2.45, 2.75) is 45.4 Å². The maximum atomic E-state index is 6.21. The molecule has 5 nitrogen and oxygen atoms in total. The molecule has 138 valence electrons. The van der Waals surface area contributed by atoms with Crippen molar-refractivity contribution in [1.29, 1.82) is 0 Å². The molecule has 0 unspecified atom stereocenters. The van der Waals surface area contributed by atoms with Gasteiger partial charge in [-0.25, -0.2) is 4.98 Å². The van der Waals surface area contributed by atoms with E-state index in [2.05, 4.69) is 10.3 Å². The number of halogens is 1. The van der Waals surface area contributed by atoms with Crippen molar-refractivity contribution in [1.82, 2.24) is 4.98 Å². The topological polar surface area (TPSA) is 52.6 Å². The average molecular weight is 375 g/mol. The molecule has 1 aliphatic rings. The smallest absolute Gasteiger partial charge is 0.495 e. The van der Waals surface area contributed by atoms with Gasteiger partial charge in [0.25, 0.3) is 0 Å². The zero-order valence-corrected chi connectivity index (χ0v) is 16.6. The van der Waals surface area contributed by atoms with Crippen molar-refractivity contribution in [3.8, 4) is 5.75 Å². The molecule has 1 aromatic carbocycles. The molecule has 0 saturated carbocycles.